The van der Waals surface area contributed by atoms with Crippen LogP contribution in [0.5, 0.6) is 0 Å². The molecule has 0 aromatic heterocycles. The van der Waals surface area contributed by atoms with Gasteiger partial charge in [0.2, 0.25) is 5.91 Å². The highest BCUT2D eigenvalue weighted by atomic mass is 16.3. The highest BCUT2D eigenvalue weighted by Gasteiger charge is 2.34. The Morgan fingerprint density at radius 3 is 2.74 bits per heavy atom. The van der Waals surface area contributed by atoms with E-state index in [9.17, 15) is 9.90 Å². The zero-order chi connectivity index (χ0) is 13.8. The van der Waals surface area contributed by atoms with Crippen LogP contribution < -0.4 is 10.6 Å². The van der Waals surface area contributed by atoms with Gasteiger partial charge in [-0.3, -0.25) is 4.79 Å². The van der Waals surface area contributed by atoms with Gasteiger partial charge in [0.15, 0.2) is 0 Å². The average Bonchev–Trinajstić information content (AvgIpc) is 2.43. The molecule has 110 valence electrons. The lowest BCUT2D eigenvalue weighted by molar-refractivity contribution is -0.125. The fourth-order valence-electron chi connectivity index (χ4n) is 3.27. The first-order chi connectivity index (χ1) is 9.08. The van der Waals surface area contributed by atoms with E-state index in [0.29, 0.717) is 12.6 Å². The number of carbonyl (C=O) groups excluding carboxylic acids is 1. The van der Waals surface area contributed by atoms with Gasteiger partial charge in [-0.15, -0.1) is 0 Å². The molecular weight excluding hydrogens is 240 g/mol. The monoisotopic (exact) mass is 268 g/mol. The van der Waals surface area contributed by atoms with Gasteiger partial charge in [0.05, 0.1) is 12.1 Å². The fraction of sp³-hybridized carbons (Fsp3) is 0.933. The first-order valence-electron chi connectivity index (χ1n) is 7.79. The average molecular weight is 268 g/mol. The van der Waals surface area contributed by atoms with Crippen LogP contribution in [0.25, 0.3) is 0 Å². The number of carbonyl (C=O) groups is 1. The maximum Gasteiger partial charge on any atom is 0.237 e. The molecule has 2 fully saturated rings. The number of fused-ring (bicyclic) bond motifs is 1. The van der Waals surface area contributed by atoms with Gasteiger partial charge in [0.25, 0.3) is 0 Å². The summed E-state index contributed by atoms with van der Waals surface area (Å²) in [5, 5.41) is 16.1. The third-order valence-corrected chi connectivity index (χ3v) is 4.72. The van der Waals surface area contributed by atoms with E-state index in [1.807, 2.05) is 13.8 Å². The highest BCUT2D eigenvalue weighted by molar-refractivity contribution is 5.81. The molecule has 4 unspecified atom stereocenters. The number of hydrogen-bond acceptors (Lipinski definition) is 3. The Bertz CT molecular complexity index is 307. The number of nitrogens with one attached hydrogen (secondary N) is 2. The van der Waals surface area contributed by atoms with Gasteiger partial charge >= 0.3 is 0 Å². The molecule has 1 heterocycles. The van der Waals surface area contributed by atoms with Gasteiger partial charge in [-0.05, 0) is 37.5 Å². The molecule has 0 radical (unpaired) electrons. The molecule has 1 aliphatic heterocycles. The Hall–Kier alpha value is -0.610. The molecule has 4 heteroatoms. The van der Waals surface area contributed by atoms with Crippen molar-refractivity contribution in [2.24, 2.45) is 11.8 Å². The number of piperidine rings is 1. The number of rotatable bonds is 4. The van der Waals surface area contributed by atoms with Crippen molar-refractivity contribution in [3.05, 3.63) is 0 Å². The van der Waals surface area contributed by atoms with Crippen molar-refractivity contribution in [2.75, 3.05) is 6.54 Å². The molecule has 1 saturated heterocycles. The van der Waals surface area contributed by atoms with Crippen molar-refractivity contribution in [2.45, 2.75) is 70.6 Å². The number of hydrogen-bond donors (Lipinski definition) is 3. The molecule has 1 amide bonds. The van der Waals surface area contributed by atoms with E-state index in [2.05, 4.69) is 10.6 Å². The molecular formula is C15H28N2O2. The summed E-state index contributed by atoms with van der Waals surface area (Å²) in [6.45, 7) is 4.29. The molecule has 0 aromatic carbocycles. The second-order valence-corrected chi connectivity index (χ2v) is 6.50. The van der Waals surface area contributed by atoms with Crippen LogP contribution in [0.1, 0.15) is 52.4 Å². The van der Waals surface area contributed by atoms with Gasteiger partial charge in [-0.25, -0.2) is 0 Å². The molecule has 2 aliphatic rings. The lowest BCUT2D eigenvalue weighted by Crippen LogP contribution is -2.55. The molecule has 1 saturated carbocycles. The van der Waals surface area contributed by atoms with Gasteiger partial charge < -0.3 is 15.7 Å². The van der Waals surface area contributed by atoms with E-state index >= 15 is 0 Å². The second kappa shape index (κ2) is 6.71. The van der Waals surface area contributed by atoms with E-state index in [-0.39, 0.29) is 17.9 Å². The molecule has 4 atom stereocenters. The molecule has 4 nitrogen and oxygen atoms in total. The van der Waals surface area contributed by atoms with Crippen molar-refractivity contribution in [1.29, 1.82) is 0 Å². The predicted molar refractivity (Wildman–Crippen MR) is 75.8 cm³/mol. The molecule has 1 aliphatic carbocycles. The summed E-state index contributed by atoms with van der Waals surface area (Å²) in [6.07, 6.45) is 6.82. The smallest absolute Gasteiger partial charge is 0.237 e. The Morgan fingerprint density at radius 1 is 1.26 bits per heavy atom. The van der Waals surface area contributed by atoms with E-state index in [1.54, 1.807) is 0 Å². The van der Waals surface area contributed by atoms with Crippen LogP contribution in [0.2, 0.25) is 0 Å². The Kier molecular flexibility index (Phi) is 5.22. The third kappa shape index (κ3) is 3.93. The zero-order valence-electron chi connectivity index (χ0n) is 12.2. The quantitative estimate of drug-likeness (QED) is 0.723. The number of amides is 1. The second-order valence-electron chi connectivity index (χ2n) is 6.50. The van der Waals surface area contributed by atoms with Crippen LogP contribution in [0, 0.1) is 11.8 Å². The van der Waals surface area contributed by atoms with Gasteiger partial charge in [0.1, 0.15) is 0 Å². The van der Waals surface area contributed by atoms with Crippen LogP contribution in [-0.4, -0.2) is 35.7 Å². The lowest BCUT2D eigenvalue weighted by Gasteiger charge is -2.40. The summed E-state index contributed by atoms with van der Waals surface area (Å²) >= 11 is 0. The van der Waals surface area contributed by atoms with Crippen LogP contribution in [-0.2, 0) is 4.79 Å². The number of aliphatic hydroxyl groups is 1. The van der Waals surface area contributed by atoms with Crippen LogP contribution >= 0.6 is 0 Å². The zero-order valence-corrected chi connectivity index (χ0v) is 12.2. The predicted octanol–water partition coefficient (Wildman–Crippen LogP) is 1.43. The topological polar surface area (TPSA) is 61.4 Å². The first kappa shape index (κ1) is 14.8. The van der Waals surface area contributed by atoms with Crippen LogP contribution in [0.3, 0.4) is 0 Å². The van der Waals surface area contributed by atoms with Crippen molar-refractivity contribution in [1.82, 2.24) is 10.6 Å². The van der Waals surface area contributed by atoms with E-state index < -0.39 is 6.10 Å². The fourth-order valence-corrected chi connectivity index (χ4v) is 3.27. The summed E-state index contributed by atoms with van der Waals surface area (Å²) in [6, 6.07) is 0.479. The number of aliphatic hydroxyl groups excluding tert-OH is 1. The van der Waals surface area contributed by atoms with Gasteiger partial charge in [-0.2, -0.15) is 0 Å². The SMILES string of the molecule is CC(C)C(O)CNC(=O)C1CCC2CCCCC2N1. The van der Waals surface area contributed by atoms with E-state index in [4.69, 9.17) is 0 Å². The van der Waals surface area contributed by atoms with Crippen LogP contribution in [0.15, 0.2) is 0 Å². The molecule has 0 bridgehead atoms. The summed E-state index contributed by atoms with van der Waals surface area (Å²) in [7, 11) is 0. The molecule has 19 heavy (non-hydrogen) atoms. The van der Waals surface area contributed by atoms with E-state index in [0.717, 1.165) is 12.3 Å². The maximum absolute atomic E-state index is 12.1. The van der Waals surface area contributed by atoms with Crippen molar-refractivity contribution in [3.63, 3.8) is 0 Å². The summed E-state index contributed by atoms with van der Waals surface area (Å²) in [5.74, 6) is 1.02. The lowest BCUT2D eigenvalue weighted by atomic mass is 9.77. The Labute approximate surface area is 116 Å². The molecule has 0 aromatic rings. The Morgan fingerprint density at radius 2 is 2.00 bits per heavy atom. The standard InChI is InChI=1S/C15H28N2O2/c1-10(2)14(18)9-16-15(19)13-8-7-11-5-3-4-6-12(11)17-13/h10-14,17-18H,3-9H2,1-2H3,(H,16,19). The largest absolute Gasteiger partial charge is 0.391 e. The Balaban J connectivity index is 1.77. The normalized spacial score (nSPS) is 32.7. The van der Waals surface area contributed by atoms with E-state index in [1.165, 1.54) is 32.1 Å². The highest BCUT2D eigenvalue weighted by Crippen LogP contribution is 2.32. The van der Waals surface area contributed by atoms with Gasteiger partial charge in [-0.1, -0.05) is 26.7 Å². The molecule has 2 rings (SSSR count). The maximum atomic E-state index is 12.1. The summed E-state index contributed by atoms with van der Waals surface area (Å²) < 4.78 is 0. The van der Waals surface area contributed by atoms with Crippen molar-refractivity contribution >= 4 is 5.91 Å². The first-order valence-corrected chi connectivity index (χ1v) is 7.79. The van der Waals surface area contributed by atoms with Gasteiger partial charge in [0, 0.05) is 12.6 Å². The minimum Gasteiger partial charge on any atom is -0.391 e. The van der Waals surface area contributed by atoms with Crippen molar-refractivity contribution in [3.8, 4) is 0 Å². The molecule has 0 spiro atoms. The minimum absolute atomic E-state index is 0.0567. The third-order valence-electron chi connectivity index (χ3n) is 4.72. The van der Waals surface area contributed by atoms with Crippen LogP contribution in [0.4, 0.5) is 0 Å². The molecule has 3 N–H and O–H groups in total. The minimum atomic E-state index is -0.449. The summed E-state index contributed by atoms with van der Waals surface area (Å²) in [5.41, 5.74) is 0. The van der Waals surface area contributed by atoms with Crippen molar-refractivity contribution < 1.29 is 9.90 Å². The summed E-state index contributed by atoms with van der Waals surface area (Å²) in [4.78, 5) is 12.1.